The Morgan fingerprint density at radius 2 is 2.04 bits per heavy atom. The van der Waals surface area contributed by atoms with Crippen molar-refractivity contribution >= 4 is 29.4 Å². The number of hydrogen-bond donors (Lipinski definition) is 3. The molecule has 0 spiro atoms. The lowest BCUT2D eigenvalue weighted by molar-refractivity contribution is -0.137. The number of rotatable bonds is 5. The minimum Gasteiger partial charge on any atom is -0.492 e. The highest BCUT2D eigenvalue weighted by molar-refractivity contribution is 5.92. The molecule has 0 amide bonds. The average molecular weight is 354 g/mol. The normalized spacial score (nSPS) is 11.6. The van der Waals surface area contributed by atoms with Crippen LogP contribution in [-0.4, -0.2) is 37.4 Å². The van der Waals surface area contributed by atoms with Gasteiger partial charge in [0.05, 0.1) is 18.5 Å². The van der Waals surface area contributed by atoms with Crippen LogP contribution in [0.2, 0.25) is 0 Å². The van der Waals surface area contributed by atoms with Crippen LogP contribution in [0.1, 0.15) is 11.1 Å². The van der Waals surface area contributed by atoms with Gasteiger partial charge in [0, 0.05) is 32.1 Å². The summed E-state index contributed by atoms with van der Waals surface area (Å²) in [5.74, 6) is -0.0643. The Hall–Kier alpha value is -3.04. The van der Waals surface area contributed by atoms with Gasteiger partial charge >= 0.3 is 6.18 Å². The second-order valence-corrected chi connectivity index (χ2v) is 4.87. The molecule has 0 radical (unpaired) electrons. The maximum atomic E-state index is 12.9. The summed E-state index contributed by atoms with van der Waals surface area (Å²) in [6.07, 6.45) is -2.29. The largest absolute Gasteiger partial charge is 0.492 e. The Bertz CT molecular complexity index is 792. The zero-order valence-corrected chi connectivity index (χ0v) is 13.8. The second-order valence-electron chi connectivity index (χ2n) is 4.87. The van der Waals surface area contributed by atoms with Gasteiger partial charge < -0.3 is 21.1 Å². The summed E-state index contributed by atoms with van der Waals surface area (Å²) >= 11 is 0. The highest BCUT2D eigenvalue weighted by Gasteiger charge is 2.35. The van der Waals surface area contributed by atoms with Gasteiger partial charge in [-0.15, -0.1) is 0 Å². The molecule has 0 bridgehead atoms. The maximum absolute atomic E-state index is 12.9. The molecule has 7 nitrogen and oxygen atoms in total. The molecule has 0 unspecified atom stereocenters. The number of nitrogen functional groups attached to an aromatic ring is 1. The van der Waals surface area contributed by atoms with E-state index in [-0.39, 0.29) is 11.8 Å². The molecular weight excluding hydrogens is 337 g/mol. The van der Waals surface area contributed by atoms with Crippen LogP contribution in [-0.2, 0) is 6.18 Å². The van der Waals surface area contributed by atoms with E-state index < -0.39 is 11.7 Å². The molecule has 10 heteroatoms. The van der Waals surface area contributed by atoms with Crippen LogP contribution < -0.4 is 21.1 Å². The predicted octanol–water partition coefficient (Wildman–Crippen LogP) is 2.92. The molecule has 134 valence electrons. The van der Waals surface area contributed by atoms with Crippen molar-refractivity contribution in [3.8, 4) is 5.75 Å². The van der Waals surface area contributed by atoms with Crippen molar-refractivity contribution in [3.63, 3.8) is 0 Å². The van der Waals surface area contributed by atoms with Gasteiger partial charge in [0.1, 0.15) is 11.4 Å². The minimum atomic E-state index is -4.56. The first-order valence-corrected chi connectivity index (χ1v) is 7.09. The molecule has 1 heterocycles. The van der Waals surface area contributed by atoms with Gasteiger partial charge in [-0.25, -0.2) is 4.98 Å². The quantitative estimate of drug-likeness (QED) is 0.564. The van der Waals surface area contributed by atoms with Crippen molar-refractivity contribution in [2.24, 2.45) is 4.99 Å². The van der Waals surface area contributed by atoms with Crippen molar-refractivity contribution in [1.82, 2.24) is 9.97 Å². The zero-order chi connectivity index (χ0) is 18.6. The number of hydrogen-bond acceptors (Lipinski definition) is 7. The number of benzene rings is 1. The molecule has 0 aliphatic carbocycles. The summed E-state index contributed by atoms with van der Waals surface area (Å²) in [6.45, 7) is 0. The van der Waals surface area contributed by atoms with Crippen LogP contribution in [0.25, 0.3) is 0 Å². The molecule has 4 N–H and O–H groups in total. The lowest BCUT2D eigenvalue weighted by Gasteiger charge is -2.15. The molecule has 0 aliphatic heterocycles. The summed E-state index contributed by atoms with van der Waals surface area (Å²) in [7, 11) is 4.38. The van der Waals surface area contributed by atoms with Crippen LogP contribution in [0.4, 0.5) is 36.3 Å². The van der Waals surface area contributed by atoms with E-state index in [9.17, 15) is 13.2 Å². The molecule has 0 fully saturated rings. The van der Waals surface area contributed by atoms with Crippen LogP contribution in [0.15, 0.2) is 23.3 Å². The number of nitrogens with one attached hydrogen (secondary N) is 2. The molecule has 2 aromatic rings. The van der Waals surface area contributed by atoms with E-state index in [4.69, 9.17) is 10.5 Å². The van der Waals surface area contributed by atoms with Crippen LogP contribution in [0, 0.1) is 0 Å². The molecule has 1 aromatic heterocycles. The Balaban J connectivity index is 2.42. The first kappa shape index (κ1) is 18.3. The number of nitrogens with two attached hydrogens (primary N) is 1. The van der Waals surface area contributed by atoms with E-state index in [1.165, 1.54) is 14.2 Å². The number of aliphatic imine (C=N–C) groups is 1. The van der Waals surface area contributed by atoms with E-state index in [1.807, 2.05) is 0 Å². The molecule has 0 aliphatic rings. The Labute approximate surface area is 142 Å². The van der Waals surface area contributed by atoms with Crippen molar-refractivity contribution in [2.45, 2.75) is 6.18 Å². The molecule has 1 aromatic carbocycles. The fourth-order valence-corrected chi connectivity index (χ4v) is 2.15. The molecule has 25 heavy (non-hydrogen) atoms. The van der Waals surface area contributed by atoms with Gasteiger partial charge in [0.15, 0.2) is 5.75 Å². The van der Waals surface area contributed by atoms with E-state index in [1.54, 1.807) is 25.4 Å². The monoisotopic (exact) mass is 354 g/mol. The number of alkyl halides is 3. The topological polar surface area (TPSA) is 97.5 Å². The molecule has 2 rings (SSSR count). The first-order chi connectivity index (χ1) is 11.8. The summed E-state index contributed by atoms with van der Waals surface area (Å²) in [5.41, 5.74) is 6.45. The third-order valence-electron chi connectivity index (χ3n) is 3.28. The fourth-order valence-electron chi connectivity index (χ4n) is 2.15. The van der Waals surface area contributed by atoms with Gasteiger partial charge in [-0.2, -0.15) is 18.2 Å². The number of ether oxygens (including phenoxy) is 1. The summed E-state index contributed by atoms with van der Waals surface area (Å²) < 4.78 is 43.9. The number of aromatic nitrogens is 2. The molecular formula is C15H17F3N6O. The van der Waals surface area contributed by atoms with E-state index >= 15 is 0 Å². The SMILES string of the molecule is CN=Cc1ccc(Nc2ncc(C(F)(F)F)c(NC)n2)c(OC)c1N. The molecule has 0 atom stereocenters. The lowest BCUT2D eigenvalue weighted by Crippen LogP contribution is -2.13. The highest BCUT2D eigenvalue weighted by Crippen LogP contribution is 2.36. The molecule has 0 saturated carbocycles. The van der Waals surface area contributed by atoms with E-state index in [0.717, 1.165) is 0 Å². The number of anilines is 4. The van der Waals surface area contributed by atoms with Crippen molar-refractivity contribution in [2.75, 3.05) is 37.6 Å². The van der Waals surface area contributed by atoms with Gasteiger partial charge in [-0.1, -0.05) is 0 Å². The van der Waals surface area contributed by atoms with Crippen LogP contribution in [0.5, 0.6) is 5.75 Å². The third-order valence-corrected chi connectivity index (χ3v) is 3.28. The maximum Gasteiger partial charge on any atom is 0.421 e. The Kier molecular flexibility index (Phi) is 5.30. The zero-order valence-electron chi connectivity index (χ0n) is 13.8. The van der Waals surface area contributed by atoms with Gasteiger partial charge in [-0.3, -0.25) is 4.99 Å². The Morgan fingerprint density at radius 1 is 1.32 bits per heavy atom. The van der Waals surface area contributed by atoms with Crippen LogP contribution in [0.3, 0.4) is 0 Å². The smallest absolute Gasteiger partial charge is 0.421 e. The number of methoxy groups -OCH3 is 1. The third kappa shape index (κ3) is 3.90. The summed E-state index contributed by atoms with van der Waals surface area (Å²) in [4.78, 5) is 11.4. The predicted molar refractivity (Wildman–Crippen MR) is 90.8 cm³/mol. The summed E-state index contributed by atoms with van der Waals surface area (Å²) in [6, 6.07) is 3.34. The standard InChI is InChI=1S/C15H17F3N6O/c1-20-6-8-4-5-10(12(25-3)11(8)19)23-14-22-7-9(15(16,17)18)13(21-2)24-14/h4-7H,19H2,1-3H3,(H2,21,22,23,24). The van der Waals surface area contributed by atoms with Crippen molar-refractivity contribution < 1.29 is 17.9 Å². The lowest BCUT2D eigenvalue weighted by atomic mass is 10.1. The number of nitrogens with zero attached hydrogens (tertiary/aromatic N) is 3. The second kappa shape index (κ2) is 7.24. The van der Waals surface area contributed by atoms with E-state index in [0.29, 0.717) is 28.9 Å². The van der Waals surface area contributed by atoms with Crippen LogP contribution >= 0.6 is 0 Å². The number of halogens is 3. The fraction of sp³-hybridized carbons (Fsp3) is 0.267. The minimum absolute atomic E-state index is 0.0352. The molecule has 0 saturated heterocycles. The van der Waals surface area contributed by atoms with E-state index in [2.05, 4.69) is 25.6 Å². The van der Waals surface area contributed by atoms with Gasteiger partial charge in [0.2, 0.25) is 5.95 Å². The van der Waals surface area contributed by atoms with Crippen molar-refractivity contribution in [1.29, 1.82) is 0 Å². The van der Waals surface area contributed by atoms with Gasteiger partial charge in [0.25, 0.3) is 0 Å². The first-order valence-electron chi connectivity index (χ1n) is 7.09. The Morgan fingerprint density at radius 3 is 2.60 bits per heavy atom. The van der Waals surface area contributed by atoms with Crippen molar-refractivity contribution in [3.05, 3.63) is 29.5 Å². The highest BCUT2D eigenvalue weighted by atomic mass is 19.4. The van der Waals surface area contributed by atoms with Gasteiger partial charge in [-0.05, 0) is 12.1 Å². The summed E-state index contributed by atoms with van der Waals surface area (Å²) in [5, 5.41) is 5.22. The average Bonchev–Trinajstić information content (AvgIpc) is 2.56.